The molecule has 0 aliphatic carbocycles. The summed E-state index contributed by atoms with van der Waals surface area (Å²) < 4.78 is 0. The largest absolute Gasteiger partial charge is 0.350 e. The Labute approximate surface area is 248 Å². The van der Waals surface area contributed by atoms with Crippen molar-refractivity contribution in [2.24, 2.45) is 5.73 Å². The monoisotopic (exact) mass is 560 g/mol. The Morgan fingerprint density at radius 1 is 0.833 bits per heavy atom. The van der Waals surface area contributed by atoms with Crippen molar-refractivity contribution in [3.05, 3.63) is 132 Å². The molecule has 2 atom stereocenters. The number of amides is 2. The van der Waals surface area contributed by atoms with Crippen LogP contribution < -0.4 is 16.4 Å². The summed E-state index contributed by atoms with van der Waals surface area (Å²) in [5, 5.41) is 6.66. The molecule has 0 spiro atoms. The van der Waals surface area contributed by atoms with E-state index in [4.69, 9.17) is 5.73 Å². The molecule has 1 fully saturated rings. The summed E-state index contributed by atoms with van der Waals surface area (Å²) in [4.78, 5) is 28.9. The minimum absolute atomic E-state index is 0.0267. The van der Waals surface area contributed by atoms with Gasteiger partial charge in [0.05, 0.1) is 6.04 Å². The molecule has 1 heterocycles. The van der Waals surface area contributed by atoms with E-state index in [2.05, 4.69) is 71.3 Å². The first kappa shape index (κ1) is 29.2. The Hall–Kier alpha value is -4.26. The average molecular weight is 561 g/mol. The van der Waals surface area contributed by atoms with Crippen molar-refractivity contribution in [1.82, 2.24) is 15.5 Å². The zero-order valence-electron chi connectivity index (χ0n) is 24.0. The van der Waals surface area contributed by atoms with Crippen molar-refractivity contribution < 1.29 is 9.59 Å². The number of benzene rings is 4. The molecule has 4 aromatic carbocycles. The zero-order chi connectivity index (χ0) is 29.1. The van der Waals surface area contributed by atoms with Gasteiger partial charge in [0.2, 0.25) is 5.91 Å². The SMILES string of the molecule is NCCC[C@@H]1N[C@H](CNC(=O)c2ccc(-c3ccccc3)cc2)CCN(CC(c2ccccc2)c2ccccc2)C1=O. The van der Waals surface area contributed by atoms with Gasteiger partial charge >= 0.3 is 0 Å². The first-order valence-electron chi connectivity index (χ1n) is 14.9. The lowest BCUT2D eigenvalue weighted by atomic mass is 9.90. The highest BCUT2D eigenvalue weighted by atomic mass is 16.2. The molecular weight excluding hydrogens is 520 g/mol. The van der Waals surface area contributed by atoms with E-state index in [1.807, 2.05) is 59.5 Å². The number of carbonyl (C=O) groups is 2. The van der Waals surface area contributed by atoms with Gasteiger partial charge in [0, 0.05) is 37.2 Å². The molecule has 6 heteroatoms. The Balaban J connectivity index is 1.26. The first-order valence-corrected chi connectivity index (χ1v) is 14.9. The van der Waals surface area contributed by atoms with E-state index >= 15 is 0 Å². The van der Waals surface area contributed by atoms with Gasteiger partial charge in [-0.25, -0.2) is 0 Å². The van der Waals surface area contributed by atoms with Crippen molar-refractivity contribution in [3.8, 4) is 11.1 Å². The second-order valence-corrected chi connectivity index (χ2v) is 10.9. The third-order valence-corrected chi connectivity index (χ3v) is 8.06. The number of hydrogen-bond donors (Lipinski definition) is 3. The summed E-state index contributed by atoms with van der Waals surface area (Å²) >= 11 is 0. The van der Waals surface area contributed by atoms with Crippen LogP contribution in [0.4, 0.5) is 0 Å². The van der Waals surface area contributed by atoms with Crippen LogP contribution in [-0.4, -0.2) is 55.0 Å². The van der Waals surface area contributed by atoms with Gasteiger partial charge < -0.3 is 21.3 Å². The second-order valence-electron chi connectivity index (χ2n) is 10.9. The van der Waals surface area contributed by atoms with E-state index < -0.39 is 0 Å². The van der Waals surface area contributed by atoms with Gasteiger partial charge in [-0.15, -0.1) is 0 Å². The van der Waals surface area contributed by atoms with E-state index in [0.717, 1.165) is 24.0 Å². The quantitative estimate of drug-likeness (QED) is 0.235. The van der Waals surface area contributed by atoms with Gasteiger partial charge in [0.15, 0.2) is 0 Å². The summed E-state index contributed by atoms with van der Waals surface area (Å²) in [6.45, 7) is 2.19. The van der Waals surface area contributed by atoms with E-state index in [1.165, 1.54) is 11.1 Å². The van der Waals surface area contributed by atoms with Crippen LogP contribution in [0.5, 0.6) is 0 Å². The first-order chi connectivity index (χ1) is 20.6. The lowest BCUT2D eigenvalue weighted by molar-refractivity contribution is -0.133. The summed E-state index contributed by atoms with van der Waals surface area (Å²) in [5.74, 6) is 0.0582. The Bertz CT molecular complexity index is 1370. The molecule has 5 rings (SSSR count). The second kappa shape index (κ2) is 14.6. The fourth-order valence-electron chi connectivity index (χ4n) is 5.71. The number of nitrogens with two attached hydrogens (primary N) is 1. The molecule has 0 radical (unpaired) electrons. The average Bonchev–Trinajstić information content (AvgIpc) is 3.20. The van der Waals surface area contributed by atoms with Crippen molar-refractivity contribution >= 4 is 11.8 Å². The predicted molar refractivity (Wildman–Crippen MR) is 169 cm³/mol. The molecular formula is C36H40N4O2. The van der Waals surface area contributed by atoms with Gasteiger partial charge in [0.1, 0.15) is 0 Å². The van der Waals surface area contributed by atoms with Crippen LogP contribution in [0.15, 0.2) is 115 Å². The lowest BCUT2D eigenvalue weighted by Crippen LogP contribution is -2.49. The van der Waals surface area contributed by atoms with Gasteiger partial charge in [-0.1, -0.05) is 103 Å². The van der Waals surface area contributed by atoms with Crippen LogP contribution in [0.2, 0.25) is 0 Å². The van der Waals surface area contributed by atoms with Crippen LogP contribution in [-0.2, 0) is 4.79 Å². The van der Waals surface area contributed by atoms with Crippen LogP contribution in [0.3, 0.4) is 0 Å². The number of hydrogen-bond acceptors (Lipinski definition) is 4. The van der Waals surface area contributed by atoms with Crippen molar-refractivity contribution in [2.45, 2.75) is 37.3 Å². The van der Waals surface area contributed by atoms with Crippen molar-refractivity contribution in [2.75, 3.05) is 26.2 Å². The molecule has 2 amide bonds. The van der Waals surface area contributed by atoms with Gasteiger partial charge in [-0.2, -0.15) is 0 Å². The lowest BCUT2D eigenvalue weighted by Gasteiger charge is -2.29. The smallest absolute Gasteiger partial charge is 0.251 e. The van der Waals surface area contributed by atoms with E-state index in [9.17, 15) is 9.59 Å². The van der Waals surface area contributed by atoms with Crippen molar-refractivity contribution in [3.63, 3.8) is 0 Å². The fraction of sp³-hybridized carbons (Fsp3) is 0.278. The molecule has 1 aliphatic heterocycles. The van der Waals surface area contributed by atoms with Crippen LogP contribution >= 0.6 is 0 Å². The molecule has 1 saturated heterocycles. The van der Waals surface area contributed by atoms with Gasteiger partial charge in [0.25, 0.3) is 5.91 Å². The number of nitrogens with zero attached hydrogens (tertiary/aromatic N) is 1. The fourth-order valence-corrected chi connectivity index (χ4v) is 5.71. The molecule has 0 saturated carbocycles. The van der Waals surface area contributed by atoms with Gasteiger partial charge in [-0.3, -0.25) is 9.59 Å². The molecule has 4 N–H and O–H groups in total. The summed E-state index contributed by atoms with van der Waals surface area (Å²) in [6, 6.07) is 38.2. The van der Waals surface area contributed by atoms with Crippen LogP contribution in [0.25, 0.3) is 11.1 Å². The van der Waals surface area contributed by atoms with Crippen molar-refractivity contribution in [1.29, 1.82) is 0 Å². The molecule has 0 unspecified atom stereocenters. The Morgan fingerprint density at radius 2 is 1.40 bits per heavy atom. The summed E-state index contributed by atoms with van der Waals surface area (Å²) in [5.41, 5.74) is 11.0. The highest BCUT2D eigenvalue weighted by Gasteiger charge is 2.32. The Kier molecular flexibility index (Phi) is 10.1. The third-order valence-electron chi connectivity index (χ3n) is 8.06. The summed E-state index contributed by atoms with van der Waals surface area (Å²) in [7, 11) is 0. The standard InChI is InChI=1S/C36H40N4O2/c37-23-10-17-34-36(42)40(26-33(29-13-6-2-7-14-29)30-15-8-3-9-16-30)24-22-32(39-34)25-38-35(41)31-20-18-28(19-21-31)27-11-4-1-5-12-27/h1-9,11-16,18-21,32-34,39H,10,17,22-26,37H2,(H,38,41)/t32-,34-/m0/s1. The number of carbonyl (C=O) groups excluding carboxylic acids is 2. The molecule has 216 valence electrons. The molecule has 42 heavy (non-hydrogen) atoms. The number of rotatable bonds is 11. The predicted octanol–water partition coefficient (Wildman–Crippen LogP) is 5.21. The van der Waals surface area contributed by atoms with Crippen LogP contribution in [0.1, 0.15) is 46.7 Å². The minimum atomic E-state index is -0.338. The zero-order valence-corrected chi connectivity index (χ0v) is 24.0. The molecule has 6 nitrogen and oxygen atoms in total. The normalized spacial score (nSPS) is 17.2. The third kappa shape index (κ3) is 7.52. The maximum absolute atomic E-state index is 13.8. The van der Waals surface area contributed by atoms with Crippen LogP contribution in [0, 0.1) is 0 Å². The highest BCUT2D eigenvalue weighted by molar-refractivity contribution is 5.94. The number of nitrogens with one attached hydrogen (secondary N) is 2. The van der Waals surface area contributed by atoms with E-state index in [0.29, 0.717) is 38.2 Å². The summed E-state index contributed by atoms with van der Waals surface area (Å²) in [6.07, 6.45) is 2.16. The molecule has 0 aromatic heterocycles. The highest BCUT2D eigenvalue weighted by Crippen LogP contribution is 2.27. The van der Waals surface area contributed by atoms with Gasteiger partial charge in [-0.05, 0) is 60.2 Å². The van der Waals surface area contributed by atoms with E-state index in [-0.39, 0.29) is 29.8 Å². The minimum Gasteiger partial charge on any atom is -0.350 e. The topological polar surface area (TPSA) is 87.5 Å². The Morgan fingerprint density at radius 3 is 2.00 bits per heavy atom. The molecule has 1 aliphatic rings. The van der Waals surface area contributed by atoms with E-state index in [1.54, 1.807) is 0 Å². The maximum Gasteiger partial charge on any atom is 0.251 e. The maximum atomic E-state index is 13.8. The molecule has 4 aromatic rings. The molecule has 0 bridgehead atoms.